The van der Waals surface area contributed by atoms with Crippen molar-refractivity contribution in [3.05, 3.63) is 22.8 Å². The van der Waals surface area contributed by atoms with Crippen LogP contribution >= 0.6 is 0 Å². The fourth-order valence-corrected chi connectivity index (χ4v) is 2.15. The third-order valence-corrected chi connectivity index (χ3v) is 2.49. The third kappa shape index (κ3) is 2.69. The molecule has 80 valence electrons. The summed E-state index contributed by atoms with van der Waals surface area (Å²) in [5.41, 5.74) is 1.71. The van der Waals surface area contributed by atoms with Gasteiger partial charge in [0.1, 0.15) is 11.6 Å². The summed E-state index contributed by atoms with van der Waals surface area (Å²) in [6.07, 6.45) is 3.44. The van der Waals surface area contributed by atoms with Crippen molar-refractivity contribution in [2.75, 3.05) is 0 Å². The lowest BCUT2D eigenvalue weighted by atomic mass is 9.74. The quantitative estimate of drug-likeness (QED) is 0.528. The lowest BCUT2D eigenvalue weighted by Crippen LogP contribution is -2.18. The van der Waals surface area contributed by atoms with E-state index >= 15 is 0 Å². The van der Waals surface area contributed by atoms with Gasteiger partial charge in [-0.15, -0.1) is 0 Å². The van der Waals surface area contributed by atoms with E-state index in [4.69, 9.17) is 10.4 Å². The summed E-state index contributed by atoms with van der Waals surface area (Å²) in [7, 11) is 0. The minimum absolute atomic E-state index is 0.0473. The monoisotopic (exact) mass is 205 g/mol. The van der Waals surface area contributed by atoms with Crippen LogP contribution in [0.2, 0.25) is 0 Å². The lowest BCUT2D eigenvalue weighted by Gasteiger charge is -2.30. The third-order valence-electron chi connectivity index (χ3n) is 2.49. The maximum atomic E-state index is 10.8. The average Bonchev–Trinajstić information content (AvgIpc) is 1.99. The summed E-state index contributed by atoms with van der Waals surface area (Å²) >= 11 is 0. The molecule has 0 aromatic heterocycles. The smallest absolute Gasteiger partial charge is 0.346 e. The Morgan fingerprint density at radius 2 is 2.13 bits per heavy atom. The van der Waals surface area contributed by atoms with Crippen LogP contribution in [-0.2, 0) is 4.79 Å². The van der Waals surface area contributed by atoms with E-state index in [0.29, 0.717) is 12.0 Å². The summed E-state index contributed by atoms with van der Waals surface area (Å²) in [5.74, 6) is -1.13. The van der Waals surface area contributed by atoms with E-state index in [1.54, 1.807) is 6.07 Å². The van der Waals surface area contributed by atoms with E-state index in [1.165, 1.54) is 0 Å². The normalized spacial score (nSPS) is 22.7. The molecular formula is C12H15NO2. The predicted molar refractivity (Wildman–Crippen MR) is 57.0 cm³/mol. The molecule has 1 rings (SSSR count). The van der Waals surface area contributed by atoms with Crippen LogP contribution in [0.1, 0.15) is 33.6 Å². The molecule has 3 nitrogen and oxygen atoms in total. The Bertz CT molecular complexity index is 394. The van der Waals surface area contributed by atoms with E-state index in [2.05, 4.69) is 13.8 Å². The van der Waals surface area contributed by atoms with Gasteiger partial charge in [-0.3, -0.25) is 0 Å². The Labute approximate surface area is 89.7 Å². The van der Waals surface area contributed by atoms with Gasteiger partial charge < -0.3 is 5.11 Å². The van der Waals surface area contributed by atoms with Crippen molar-refractivity contribution < 1.29 is 9.90 Å². The van der Waals surface area contributed by atoms with Gasteiger partial charge in [0.05, 0.1) is 0 Å². The summed E-state index contributed by atoms with van der Waals surface area (Å²) in [6.45, 7) is 6.14. The molecule has 0 saturated heterocycles. The van der Waals surface area contributed by atoms with Crippen LogP contribution in [-0.4, -0.2) is 11.1 Å². The van der Waals surface area contributed by atoms with E-state index in [9.17, 15) is 4.79 Å². The number of allylic oxidation sites excluding steroid dienone is 3. The minimum Gasteiger partial charge on any atom is -0.477 e. The highest BCUT2D eigenvalue weighted by molar-refractivity contribution is 5.92. The maximum absolute atomic E-state index is 10.8. The predicted octanol–water partition coefficient (Wildman–Crippen LogP) is 2.66. The van der Waals surface area contributed by atoms with Gasteiger partial charge in [0.25, 0.3) is 0 Å². The Hall–Kier alpha value is -1.56. The van der Waals surface area contributed by atoms with Gasteiger partial charge in [-0.25, -0.2) is 4.79 Å². The first-order chi connectivity index (χ1) is 6.85. The molecule has 0 aromatic carbocycles. The summed E-state index contributed by atoms with van der Waals surface area (Å²) in [5, 5.41) is 17.7. The molecule has 0 aromatic rings. The van der Waals surface area contributed by atoms with Gasteiger partial charge in [-0.2, -0.15) is 5.26 Å². The second-order valence-electron chi connectivity index (χ2n) is 4.83. The highest BCUT2D eigenvalue weighted by Crippen LogP contribution is 2.38. The number of hydrogen-bond acceptors (Lipinski definition) is 2. The molecular weight excluding hydrogens is 190 g/mol. The van der Waals surface area contributed by atoms with Crippen molar-refractivity contribution in [2.45, 2.75) is 33.6 Å². The zero-order valence-corrected chi connectivity index (χ0v) is 9.29. The van der Waals surface area contributed by atoms with Gasteiger partial charge in [-0.05, 0) is 30.8 Å². The van der Waals surface area contributed by atoms with Crippen molar-refractivity contribution in [2.24, 2.45) is 5.41 Å². The van der Waals surface area contributed by atoms with Gasteiger partial charge in [0.2, 0.25) is 0 Å². The van der Waals surface area contributed by atoms with Crippen molar-refractivity contribution in [1.29, 1.82) is 5.26 Å². The standard InChI is InChI=1S/C12H15NO2/c1-8-4-9(6-12(2,3)5-8)10(7-13)11(14)15/h4H,5-6H2,1-3H3,(H,14,15)/b10-9-. The van der Waals surface area contributed by atoms with Crippen LogP contribution in [0.15, 0.2) is 22.8 Å². The van der Waals surface area contributed by atoms with Crippen LogP contribution in [0, 0.1) is 16.7 Å². The summed E-state index contributed by atoms with van der Waals surface area (Å²) < 4.78 is 0. The van der Waals surface area contributed by atoms with Crippen molar-refractivity contribution in [3.63, 3.8) is 0 Å². The lowest BCUT2D eigenvalue weighted by molar-refractivity contribution is -0.132. The van der Waals surface area contributed by atoms with Crippen LogP contribution in [0.3, 0.4) is 0 Å². The molecule has 0 radical (unpaired) electrons. The molecule has 3 heteroatoms. The number of nitrogens with zero attached hydrogens (tertiary/aromatic N) is 1. The SMILES string of the molecule is CC1=C/C(=C(\C#N)C(=O)O)CC(C)(C)C1. The minimum atomic E-state index is -1.13. The Kier molecular flexibility index (Phi) is 2.99. The molecule has 1 aliphatic carbocycles. The van der Waals surface area contributed by atoms with Crippen molar-refractivity contribution in [3.8, 4) is 6.07 Å². The number of carboxylic acids is 1. The van der Waals surface area contributed by atoms with E-state index < -0.39 is 5.97 Å². The van der Waals surface area contributed by atoms with Crippen LogP contribution < -0.4 is 0 Å². The number of carbonyl (C=O) groups is 1. The van der Waals surface area contributed by atoms with Gasteiger partial charge in [0, 0.05) is 0 Å². The van der Waals surface area contributed by atoms with E-state index in [1.807, 2.05) is 13.0 Å². The highest BCUT2D eigenvalue weighted by atomic mass is 16.4. The second kappa shape index (κ2) is 3.90. The number of carboxylic acid groups (broad SMARTS) is 1. The molecule has 0 amide bonds. The van der Waals surface area contributed by atoms with Crippen molar-refractivity contribution in [1.82, 2.24) is 0 Å². The highest BCUT2D eigenvalue weighted by Gasteiger charge is 2.27. The molecule has 0 heterocycles. The Morgan fingerprint density at radius 1 is 1.53 bits per heavy atom. The van der Waals surface area contributed by atoms with Crippen LogP contribution in [0.4, 0.5) is 0 Å². The first-order valence-corrected chi connectivity index (χ1v) is 4.89. The first kappa shape index (κ1) is 11.5. The summed E-state index contributed by atoms with van der Waals surface area (Å²) in [4.78, 5) is 10.8. The zero-order valence-electron chi connectivity index (χ0n) is 9.29. The molecule has 0 spiro atoms. The maximum Gasteiger partial charge on any atom is 0.346 e. The molecule has 1 aliphatic rings. The van der Waals surface area contributed by atoms with Gasteiger partial charge in [-0.1, -0.05) is 25.5 Å². The van der Waals surface area contributed by atoms with Crippen molar-refractivity contribution >= 4 is 5.97 Å². The van der Waals surface area contributed by atoms with Gasteiger partial charge >= 0.3 is 5.97 Å². The van der Waals surface area contributed by atoms with E-state index in [0.717, 1.165) is 12.0 Å². The number of aliphatic carboxylic acids is 1. The Balaban J connectivity index is 3.22. The molecule has 0 atom stereocenters. The molecule has 0 bridgehead atoms. The molecule has 15 heavy (non-hydrogen) atoms. The Morgan fingerprint density at radius 3 is 2.53 bits per heavy atom. The fraction of sp³-hybridized carbons (Fsp3) is 0.500. The first-order valence-electron chi connectivity index (χ1n) is 4.89. The zero-order chi connectivity index (χ0) is 11.6. The number of rotatable bonds is 1. The average molecular weight is 205 g/mol. The van der Waals surface area contributed by atoms with Gasteiger partial charge in [0.15, 0.2) is 0 Å². The van der Waals surface area contributed by atoms with Crippen LogP contribution in [0.25, 0.3) is 0 Å². The molecule has 0 aliphatic heterocycles. The summed E-state index contributed by atoms with van der Waals surface area (Å²) in [6, 6.07) is 1.77. The molecule has 0 fully saturated rings. The number of nitriles is 1. The molecule has 1 N–H and O–H groups in total. The number of hydrogen-bond donors (Lipinski definition) is 1. The molecule has 0 saturated carbocycles. The molecule has 0 unspecified atom stereocenters. The largest absolute Gasteiger partial charge is 0.477 e. The fourth-order valence-electron chi connectivity index (χ4n) is 2.15. The van der Waals surface area contributed by atoms with Crippen LogP contribution in [0.5, 0.6) is 0 Å². The topological polar surface area (TPSA) is 61.1 Å². The van der Waals surface area contributed by atoms with E-state index in [-0.39, 0.29) is 11.0 Å². The second-order valence-corrected chi connectivity index (χ2v) is 4.83.